The minimum Gasteiger partial charge on any atom is -0.384 e. The van der Waals surface area contributed by atoms with Crippen LogP contribution in [0.1, 0.15) is 51.4 Å². The molecule has 19 heavy (non-hydrogen) atoms. The highest BCUT2D eigenvalue weighted by molar-refractivity contribution is 5.84. The summed E-state index contributed by atoms with van der Waals surface area (Å²) >= 11 is 0. The Kier molecular flexibility index (Phi) is 5.37. The molecule has 1 amide bonds. The first-order valence-electron chi connectivity index (χ1n) is 7.55. The van der Waals surface area contributed by atoms with Crippen molar-refractivity contribution in [1.82, 2.24) is 4.90 Å². The SMILES string of the molecule is COCCC(=O)N1CCCCC1C1CCCCC1=O. The van der Waals surface area contributed by atoms with E-state index < -0.39 is 0 Å². The number of ether oxygens (including phenoxy) is 1. The number of ketones is 1. The quantitative estimate of drug-likeness (QED) is 0.784. The normalized spacial score (nSPS) is 28.5. The van der Waals surface area contributed by atoms with Crippen LogP contribution in [0.2, 0.25) is 0 Å². The van der Waals surface area contributed by atoms with E-state index in [0.717, 1.165) is 45.1 Å². The first-order valence-corrected chi connectivity index (χ1v) is 7.55. The lowest BCUT2D eigenvalue weighted by Crippen LogP contribution is -2.50. The molecule has 108 valence electrons. The van der Waals surface area contributed by atoms with Gasteiger partial charge in [0.05, 0.1) is 13.0 Å². The molecule has 1 aliphatic carbocycles. The zero-order valence-corrected chi connectivity index (χ0v) is 11.9. The minimum atomic E-state index is 0.0977. The maximum Gasteiger partial charge on any atom is 0.225 e. The number of hydrogen-bond donors (Lipinski definition) is 0. The van der Waals surface area contributed by atoms with Crippen molar-refractivity contribution in [2.45, 2.75) is 57.4 Å². The van der Waals surface area contributed by atoms with Gasteiger partial charge in [-0.05, 0) is 32.1 Å². The number of nitrogens with zero attached hydrogens (tertiary/aromatic N) is 1. The molecule has 1 saturated heterocycles. The molecule has 0 N–H and O–H groups in total. The Bertz CT molecular complexity index is 329. The van der Waals surface area contributed by atoms with Gasteiger partial charge in [0.1, 0.15) is 5.78 Å². The Labute approximate surface area is 115 Å². The number of methoxy groups -OCH3 is 1. The summed E-state index contributed by atoms with van der Waals surface area (Å²) in [6.07, 6.45) is 7.48. The van der Waals surface area contributed by atoms with Crippen molar-refractivity contribution in [3.8, 4) is 0 Å². The predicted molar refractivity (Wildman–Crippen MR) is 72.8 cm³/mol. The Balaban J connectivity index is 2.02. The fourth-order valence-electron chi connectivity index (χ4n) is 3.44. The van der Waals surface area contributed by atoms with Gasteiger partial charge in [0.25, 0.3) is 0 Å². The predicted octanol–water partition coefficient (Wildman–Crippen LogP) is 2.16. The molecule has 0 spiro atoms. The number of hydrogen-bond acceptors (Lipinski definition) is 3. The second-order valence-electron chi connectivity index (χ2n) is 5.71. The van der Waals surface area contributed by atoms with E-state index in [1.807, 2.05) is 4.90 Å². The van der Waals surface area contributed by atoms with Crippen LogP contribution < -0.4 is 0 Å². The minimum absolute atomic E-state index is 0.0977. The lowest BCUT2D eigenvalue weighted by molar-refractivity contribution is -0.140. The van der Waals surface area contributed by atoms with E-state index in [-0.39, 0.29) is 17.9 Å². The molecular formula is C15H25NO3. The van der Waals surface area contributed by atoms with Crippen LogP contribution in [-0.2, 0) is 14.3 Å². The molecule has 1 saturated carbocycles. The largest absolute Gasteiger partial charge is 0.384 e. The van der Waals surface area contributed by atoms with Crippen LogP contribution >= 0.6 is 0 Å². The molecule has 2 fully saturated rings. The molecule has 4 heteroatoms. The third kappa shape index (κ3) is 3.56. The smallest absolute Gasteiger partial charge is 0.225 e. The molecule has 0 aromatic rings. The van der Waals surface area contributed by atoms with Crippen LogP contribution in [0.4, 0.5) is 0 Å². The summed E-state index contributed by atoms with van der Waals surface area (Å²) in [5.74, 6) is 0.633. The van der Waals surface area contributed by atoms with Crippen molar-refractivity contribution in [3.63, 3.8) is 0 Å². The van der Waals surface area contributed by atoms with E-state index in [0.29, 0.717) is 25.2 Å². The number of carbonyl (C=O) groups is 2. The van der Waals surface area contributed by atoms with Gasteiger partial charge in [-0.3, -0.25) is 9.59 Å². The molecule has 2 aliphatic rings. The van der Waals surface area contributed by atoms with Crippen LogP contribution in [0.3, 0.4) is 0 Å². The lowest BCUT2D eigenvalue weighted by Gasteiger charge is -2.41. The molecule has 0 bridgehead atoms. The maximum absolute atomic E-state index is 12.3. The number of carbonyl (C=O) groups excluding carboxylic acids is 2. The summed E-state index contributed by atoms with van der Waals surface area (Å²) in [5.41, 5.74) is 0. The van der Waals surface area contributed by atoms with Gasteiger partial charge in [0.2, 0.25) is 5.91 Å². The summed E-state index contributed by atoms with van der Waals surface area (Å²) in [7, 11) is 1.62. The highest BCUT2D eigenvalue weighted by atomic mass is 16.5. The highest BCUT2D eigenvalue weighted by Crippen LogP contribution is 2.32. The van der Waals surface area contributed by atoms with Gasteiger partial charge in [0, 0.05) is 32.0 Å². The average Bonchev–Trinajstić information content (AvgIpc) is 2.45. The zero-order chi connectivity index (χ0) is 13.7. The molecule has 2 atom stereocenters. The maximum atomic E-state index is 12.3. The van der Waals surface area contributed by atoms with E-state index in [1.54, 1.807) is 7.11 Å². The summed E-state index contributed by atoms with van der Waals surface area (Å²) < 4.78 is 4.99. The first-order chi connectivity index (χ1) is 9.24. The van der Waals surface area contributed by atoms with E-state index in [4.69, 9.17) is 4.74 Å². The number of amides is 1. The van der Waals surface area contributed by atoms with E-state index in [2.05, 4.69) is 0 Å². The molecule has 0 radical (unpaired) electrons. The van der Waals surface area contributed by atoms with E-state index >= 15 is 0 Å². The molecule has 2 rings (SSSR count). The van der Waals surface area contributed by atoms with Gasteiger partial charge >= 0.3 is 0 Å². The van der Waals surface area contributed by atoms with Crippen molar-refractivity contribution in [1.29, 1.82) is 0 Å². The van der Waals surface area contributed by atoms with Crippen molar-refractivity contribution in [2.24, 2.45) is 5.92 Å². The Morgan fingerprint density at radius 3 is 2.79 bits per heavy atom. The number of likely N-dealkylation sites (tertiary alicyclic amines) is 1. The van der Waals surface area contributed by atoms with Crippen molar-refractivity contribution >= 4 is 11.7 Å². The zero-order valence-electron chi connectivity index (χ0n) is 11.9. The molecule has 4 nitrogen and oxygen atoms in total. The highest BCUT2D eigenvalue weighted by Gasteiger charge is 2.37. The third-order valence-electron chi connectivity index (χ3n) is 4.46. The Morgan fingerprint density at radius 1 is 1.26 bits per heavy atom. The summed E-state index contributed by atoms with van der Waals surface area (Å²) in [6.45, 7) is 1.29. The Morgan fingerprint density at radius 2 is 2.05 bits per heavy atom. The number of Topliss-reactive ketones (excluding diaryl/α,β-unsaturated/α-hetero) is 1. The fourth-order valence-corrected chi connectivity index (χ4v) is 3.44. The molecular weight excluding hydrogens is 242 g/mol. The second-order valence-corrected chi connectivity index (χ2v) is 5.71. The van der Waals surface area contributed by atoms with Crippen LogP contribution in [-0.4, -0.2) is 42.9 Å². The van der Waals surface area contributed by atoms with Gasteiger partial charge in [-0.25, -0.2) is 0 Å². The Hall–Kier alpha value is -0.900. The lowest BCUT2D eigenvalue weighted by atomic mass is 9.79. The molecule has 2 unspecified atom stereocenters. The second kappa shape index (κ2) is 7.04. The van der Waals surface area contributed by atoms with Gasteiger partial charge in [0.15, 0.2) is 0 Å². The van der Waals surface area contributed by atoms with Crippen molar-refractivity contribution < 1.29 is 14.3 Å². The number of rotatable bonds is 4. The standard InChI is InChI=1S/C15H25NO3/c1-19-11-9-15(18)16-10-5-4-7-13(16)12-6-2-3-8-14(12)17/h12-13H,2-11H2,1H3. The summed E-state index contributed by atoms with van der Waals surface area (Å²) in [4.78, 5) is 26.3. The molecule has 0 aromatic heterocycles. The summed E-state index contributed by atoms with van der Waals surface area (Å²) in [5, 5.41) is 0. The monoisotopic (exact) mass is 267 g/mol. The third-order valence-corrected chi connectivity index (χ3v) is 4.46. The van der Waals surface area contributed by atoms with E-state index in [1.165, 1.54) is 0 Å². The van der Waals surface area contributed by atoms with Crippen LogP contribution in [0.5, 0.6) is 0 Å². The molecule has 1 aliphatic heterocycles. The molecule has 1 heterocycles. The van der Waals surface area contributed by atoms with E-state index in [9.17, 15) is 9.59 Å². The number of piperidine rings is 1. The van der Waals surface area contributed by atoms with Gasteiger partial charge in [-0.15, -0.1) is 0 Å². The average molecular weight is 267 g/mol. The fraction of sp³-hybridized carbons (Fsp3) is 0.867. The van der Waals surface area contributed by atoms with Gasteiger partial charge in [-0.1, -0.05) is 6.42 Å². The van der Waals surface area contributed by atoms with Crippen LogP contribution in [0.15, 0.2) is 0 Å². The van der Waals surface area contributed by atoms with Gasteiger partial charge < -0.3 is 9.64 Å². The van der Waals surface area contributed by atoms with Crippen molar-refractivity contribution in [3.05, 3.63) is 0 Å². The topological polar surface area (TPSA) is 46.6 Å². The first kappa shape index (κ1) is 14.5. The summed E-state index contributed by atoms with van der Waals surface area (Å²) in [6, 6.07) is 0.158. The van der Waals surface area contributed by atoms with Crippen molar-refractivity contribution in [2.75, 3.05) is 20.3 Å². The van der Waals surface area contributed by atoms with Gasteiger partial charge in [-0.2, -0.15) is 0 Å². The molecule has 0 aromatic carbocycles. The van der Waals surface area contributed by atoms with Crippen LogP contribution in [0.25, 0.3) is 0 Å². The van der Waals surface area contributed by atoms with Crippen LogP contribution in [0, 0.1) is 5.92 Å².